The van der Waals surface area contributed by atoms with Crippen LogP contribution in [0.15, 0.2) is 231 Å². The van der Waals surface area contributed by atoms with Gasteiger partial charge in [-0.2, -0.15) is 0 Å². The van der Waals surface area contributed by atoms with Crippen LogP contribution in [-0.2, 0) is 0 Å². The minimum atomic E-state index is -0.437. The highest BCUT2D eigenvalue weighted by molar-refractivity contribution is 7.02. The van der Waals surface area contributed by atoms with Crippen LogP contribution in [0.3, 0.4) is 0 Å². The molecule has 0 aliphatic carbocycles. The first-order chi connectivity index (χ1) is 42.6. The molecule has 6 nitrogen and oxygen atoms in total. The number of ether oxygens (including phenoxy) is 1. The summed E-state index contributed by atoms with van der Waals surface area (Å²) in [6.45, 7) is 7.80. The fraction of sp³-hybridized carbons (Fsp3) is 0.0526. The highest BCUT2D eigenvalue weighted by atomic mass is 19.1. The van der Waals surface area contributed by atoms with E-state index in [1.54, 1.807) is 18.2 Å². The number of aromatic nitrogens is 2. The van der Waals surface area contributed by atoms with Crippen molar-refractivity contribution in [3.05, 3.63) is 270 Å². The molecule has 87 heavy (non-hydrogen) atoms. The van der Waals surface area contributed by atoms with Gasteiger partial charge in [-0.3, -0.25) is 0 Å². The van der Waals surface area contributed by atoms with E-state index < -0.39 is 19.2 Å². The lowest BCUT2D eigenvalue weighted by Gasteiger charge is -2.45. The quantitative estimate of drug-likeness (QED) is 0.161. The van der Waals surface area contributed by atoms with Crippen LogP contribution in [0.1, 0.15) is 22.3 Å². The number of rotatable bonds is 5. The van der Waals surface area contributed by atoms with Crippen molar-refractivity contribution >= 4 is 141 Å². The van der Waals surface area contributed by atoms with E-state index in [0.717, 1.165) is 133 Å². The van der Waals surface area contributed by atoms with Crippen LogP contribution >= 0.6 is 0 Å². The largest absolute Gasteiger partial charge is 0.458 e. The predicted octanol–water partition coefficient (Wildman–Crippen LogP) is 16.0. The normalized spacial score (nSPS) is 13.4. The zero-order chi connectivity index (χ0) is 58.2. The predicted molar refractivity (Wildman–Crippen MR) is 354 cm³/mol. The summed E-state index contributed by atoms with van der Waals surface area (Å²) in [6, 6.07) is 76.5. The summed E-state index contributed by atoms with van der Waals surface area (Å²) in [7, 11) is 0. The lowest BCUT2D eigenvalue weighted by atomic mass is 9.30. The summed E-state index contributed by atoms with van der Waals surface area (Å²) >= 11 is 0. The van der Waals surface area contributed by atoms with Gasteiger partial charge in [0.2, 0.25) is 0 Å². The van der Waals surface area contributed by atoms with E-state index in [4.69, 9.17) is 4.74 Å². The zero-order valence-electron chi connectivity index (χ0n) is 47.9. The Kier molecular flexibility index (Phi) is 10.4. The summed E-state index contributed by atoms with van der Waals surface area (Å²) in [5, 5.41) is 4.58. The number of hydrogen-bond acceptors (Lipinski definition) is 4. The van der Waals surface area contributed by atoms with Crippen molar-refractivity contribution in [2.75, 3.05) is 14.7 Å². The van der Waals surface area contributed by atoms with E-state index in [9.17, 15) is 0 Å². The van der Waals surface area contributed by atoms with Crippen LogP contribution in [0.2, 0.25) is 0 Å². The molecule has 11 heteroatoms. The minimum Gasteiger partial charge on any atom is -0.458 e. The summed E-state index contributed by atoms with van der Waals surface area (Å²) in [5.74, 6) is 0.114. The first kappa shape index (κ1) is 49.8. The summed E-state index contributed by atoms with van der Waals surface area (Å²) in [4.78, 5) is 6.20. The Labute approximate surface area is 500 Å². The molecular formula is C76H50B2F3N5O. The van der Waals surface area contributed by atoms with Crippen molar-refractivity contribution in [2.24, 2.45) is 0 Å². The topological polar surface area (TPSA) is 28.8 Å². The van der Waals surface area contributed by atoms with Crippen LogP contribution in [0, 0.1) is 45.1 Å². The van der Waals surface area contributed by atoms with Crippen LogP contribution in [0.5, 0.6) is 11.5 Å². The van der Waals surface area contributed by atoms with E-state index in [2.05, 4.69) is 197 Å². The molecule has 0 N–H and O–H groups in total. The van der Waals surface area contributed by atoms with Crippen LogP contribution in [0.25, 0.3) is 55.0 Å². The third-order valence-corrected chi connectivity index (χ3v) is 19.0. The highest BCUT2D eigenvalue weighted by Crippen LogP contribution is 2.50. The Hall–Kier alpha value is -10.6. The van der Waals surface area contributed by atoms with Gasteiger partial charge in [-0.15, -0.1) is 0 Å². The molecule has 0 amide bonds. The standard InChI is InChI=1S/C76H50B2F3N5O/c1-43-33-35-45(3)75-71(43)49-19-5-12-26-58(49)82(75)47-37-66-73-67(38-47)86(64-32-18-11-25-57(64)81)65-42-69-54(41-53(65)77(73)51-21-7-14-28-60(51)84(66)62-30-16-9-23-55(62)79)78-52-22-8-15-29-61(52)85(63-31-17-10-24-56(63)80)68-39-48(40-70(87-69)74(68)78)83-59-27-13-6-20-50(59)72-44(2)34-36-46(4)76(72)83/h5-42H,1-4H3. The van der Waals surface area contributed by atoms with Gasteiger partial charge in [0, 0.05) is 67.8 Å². The van der Waals surface area contributed by atoms with E-state index in [1.807, 2.05) is 48.5 Å². The Balaban J connectivity index is 0.954. The molecule has 0 fully saturated rings. The molecule has 4 aliphatic heterocycles. The molecule has 18 rings (SSSR count). The molecule has 0 bridgehead atoms. The third kappa shape index (κ3) is 6.79. The van der Waals surface area contributed by atoms with Gasteiger partial charge in [0.05, 0.1) is 50.5 Å². The lowest BCUT2D eigenvalue weighted by Crippen LogP contribution is -2.64. The Morgan fingerprint density at radius 3 is 1.20 bits per heavy atom. The minimum absolute atomic E-state index is 0.350. The van der Waals surface area contributed by atoms with Crippen LogP contribution in [-0.4, -0.2) is 22.6 Å². The average Bonchev–Trinajstić information content (AvgIpc) is 1.05. The van der Waals surface area contributed by atoms with Gasteiger partial charge in [-0.05, 0) is 162 Å². The number of fused-ring (bicyclic) bond motifs is 14. The first-order valence-corrected chi connectivity index (χ1v) is 29.6. The second kappa shape index (κ2) is 18.2. The van der Waals surface area contributed by atoms with E-state index in [0.29, 0.717) is 28.6 Å². The van der Waals surface area contributed by atoms with Crippen molar-refractivity contribution in [2.45, 2.75) is 27.7 Å². The molecule has 0 unspecified atom stereocenters. The molecule has 2 aromatic heterocycles. The third-order valence-electron chi connectivity index (χ3n) is 19.0. The Morgan fingerprint density at radius 1 is 0.310 bits per heavy atom. The molecular weight excluding hydrogens is 1080 g/mol. The second-order valence-corrected chi connectivity index (χ2v) is 23.7. The Morgan fingerprint density at radius 2 is 0.701 bits per heavy atom. The number of nitrogens with zero attached hydrogens (tertiary/aromatic N) is 5. The highest BCUT2D eigenvalue weighted by Gasteiger charge is 2.48. The summed E-state index contributed by atoms with van der Waals surface area (Å²) in [5.41, 5.74) is 21.9. The second-order valence-electron chi connectivity index (χ2n) is 23.7. The van der Waals surface area contributed by atoms with Crippen LogP contribution in [0.4, 0.5) is 64.4 Å². The van der Waals surface area contributed by atoms with E-state index >= 15 is 13.2 Å². The zero-order valence-corrected chi connectivity index (χ0v) is 47.9. The summed E-state index contributed by atoms with van der Waals surface area (Å²) in [6.07, 6.45) is 0. The molecule has 0 saturated carbocycles. The SMILES string of the molecule is Cc1ccc(C)c2c1c1ccccc1n2-c1cc2c3c(c1)N(c1ccccc1F)c1ccccc1B3c1cc3c(cc1O2)N(c1ccccc1F)c1cc(-n2c4ccccc4c4c(C)ccc(C)c42)cc2c1B3c1ccccc1N2c1ccccc1F. The van der Waals surface area contributed by atoms with E-state index in [1.165, 1.54) is 29.1 Å². The van der Waals surface area contributed by atoms with Gasteiger partial charge in [0.25, 0.3) is 13.4 Å². The molecule has 6 heterocycles. The van der Waals surface area contributed by atoms with Gasteiger partial charge in [-0.25, -0.2) is 13.2 Å². The number of para-hydroxylation sites is 7. The molecule has 4 aliphatic rings. The van der Waals surface area contributed by atoms with Gasteiger partial charge in [0.15, 0.2) is 0 Å². The number of aryl methyl sites for hydroxylation is 4. The maximum absolute atomic E-state index is 17.5. The molecule has 0 spiro atoms. The molecule has 0 atom stereocenters. The van der Waals surface area contributed by atoms with Crippen molar-refractivity contribution in [1.82, 2.24) is 9.13 Å². The summed E-state index contributed by atoms with van der Waals surface area (Å²) < 4.78 is 63.7. The first-order valence-electron chi connectivity index (χ1n) is 29.6. The molecule has 14 aromatic rings. The fourth-order valence-electron chi connectivity index (χ4n) is 15.4. The van der Waals surface area contributed by atoms with Gasteiger partial charge in [0.1, 0.15) is 29.0 Å². The van der Waals surface area contributed by atoms with Crippen molar-refractivity contribution < 1.29 is 17.9 Å². The van der Waals surface area contributed by atoms with Crippen molar-refractivity contribution in [3.63, 3.8) is 0 Å². The maximum Gasteiger partial charge on any atom is 0.256 e. The maximum atomic E-state index is 17.5. The van der Waals surface area contributed by atoms with Gasteiger partial charge < -0.3 is 28.6 Å². The molecule has 412 valence electrons. The monoisotopic (exact) mass is 1130 g/mol. The number of anilines is 9. The molecule has 0 saturated heterocycles. The number of halogens is 3. The van der Waals surface area contributed by atoms with Crippen LogP contribution < -0.4 is 52.2 Å². The van der Waals surface area contributed by atoms with Crippen molar-refractivity contribution in [1.29, 1.82) is 0 Å². The molecule has 12 aromatic carbocycles. The fourth-order valence-corrected chi connectivity index (χ4v) is 15.4. The average molecular weight is 1130 g/mol. The Bertz CT molecular complexity index is 5380. The number of hydrogen-bond donors (Lipinski definition) is 0. The van der Waals surface area contributed by atoms with E-state index in [-0.39, 0.29) is 11.6 Å². The number of benzene rings is 12. The lowest BCUT2D eigenvalue weighted by molar-refractivity contribution is 0.487. The van der Waals surface area contributed by atoms with Crippen molar-refractivity contribution in [3.8, 4) is 22.9 Å². The molecule has 0 radical (unpaired) electrons. The smallest absolute Gasteiger partial charge is 0.256 e. The van der Waals surface area contributed by atoms with Gasteiger partial charge >= 0.3 is 0 Å². The van der Waals surface area contributed by atoms with Gasteiger partial charge in [-0.1, -0.05) is 140 Å².